The Hall–Kier alpha value is -0.730. The van der Waals surface area contributed by atoms with Crippen LogP contribution in [0.15, 0.2) is 24.3 Å². The maximum absolute atomic E-state index is 9.84. The average Bonchev–Trinajstić information content (AvgIpc) is 2.49. The molecule has 0 bridgehead atoms. The molecule has 0 radical (unpaired) electrons. The maximum Gasteiger partial charge on any atom is 0.115 e. The quantitative estimate of drug-likeness (QED) is 0.871. The highest BCUT2D eigenvalue weighted by atomic mass is 35.5. The Labute approximate surface area is 128 Å². The van der Waals surface area contributed by atoms with E-state index in [1.54, 1.807) is 6.07 Å². The molecule has 1 heterocycles. The molecule has 2 fully saturated rings. The second-order valence-electron chi connectivity index (χ2n) is 6.19. The van der Waals surface area contributed by atoms with E-state index < -0.39 is 0 Å². The fourth-order valence-corrected chi connectivity index (χ4v) is 4.04. The summed E-state index contributed by atoms with van der Waals surface area (Å²) < 4.78 is 0. The van der Waals surface area contributed by atoms with Crippen molar-refractivity contribution in [1.82, 2.24) is 4.90 Å². The van der Waals surface area contributed by atoms with Gasteiger partial charge < -0.3 is 5.11 Å². The van der Waals surface area contributed by atoms with Crippen molar-refractivity contribution in [2.24, 2.45) is 0 Å². The Kier molecular flexibility index (Phi) is 5.34. The molecule has 1 saturated carbocycles. The Morgan fingerprint density at radius 2 is 1.55 bits per heavy atom. The molecule has 3 rings (SSSR count). The molecule has 1 aromatic rings. The van der Waals surface area contributed by atoms with E-state index in [2.05, 4.69) is 11.0 Å². The number of halogens is 1. The lowest BCUT2D eigenvalue weighted by Gasteiger charge is -2.48. The van der Waals surface area contributed by atoms with Crippen LogP contribution in [0.2, 0.25) is 0 Å². The Morgan fingerprint density at radius 3 is 2.20 bits per heavy atom. The minimum atomic E-state index is 0. The molecule has 0 atom stereocenters. The Balaban J connectivity index is 0.00000147. The van der Waals surface area contributed by atoms with Gasteiger partial charge in [-0.05, 0) is 56.5 Å². The van der Waals surface area contributed by atoms with E-state index in [1.807, 2.05) is 12.1 Å². The van der Waals surface area contributed by atoms with Crippen LogP contribution in [0.1, 0.15) is 56.9 Å². The lowest BCUT2D eigenvalue weighted by molar-refractivity contribution is 0.0302. The van der Waals surface area contributed by atoms with Gasteiger partial charge in [-0.25, -0.2) is 0 Å². The zero-order valence-corrected chi connectivity index (χ0v) is 13.0. The Morgan fingerprint density at radius 1 is 0.900 bits per heavy atom. The summed E-state index contributed by atoms with van der Waals surface area (Å²) >= 11 is 0. The van der Waals surface area contributed by atoms with Gasteiger partial charge in [0.2, 0.25) is 0 Å². The summed E-state index contributed by atoms with van der Waals surface area (Å²) in [4.78, 5) is 2.71. The zero-order valence-electron chi connectivity index (χ0n) is 12.2. The number of nitrogens with zero attached hydrogens (tertiary/aromatic N) is 1. The average molecular weight is 296 g/mol. The number of phenolic OH excluding ortho intramolecular Hbond substituents is 1. The fraction of sp³-hybridized carbons (Fsp3) is 0.647. The predicted octanol–water partition coefficient (Wildman–Crippen LogP) is 4.46. The first-order valence-corrected chi connectivity index (χ1v) is 7.86. The molecule has 0 amide bonds. The van der Waals surface area contributed by atoms with Crippen molar-refractivity contribution in [3.05, 3.63) is 29.8 Å². The first-order valence-electron chi connectivity index (χ1n) is 7.86. The number of piperidine rings is 1. The number of phenols is 1. The molecule has 2 aliphatic rings. The number of hydrogen-bond acceptors (Lipinski definition) is 2. The van der Waals surface area contributed by atoms with Gasteiger partial charge in [-0.1, -0.05) is 37.8 Å². The van der Waals surface area contributed by atoms with Gasteiger partial charge in [0.15, 0.2) is 0 Å². The lowest BCUT2D eigenvalue weighted by Crippen LogP contribution is -2.49. The van der Waals surface area contributed by atoms with Crippen LogP contribution >= 0.6 is 12.4 Å². The number of aromatic hydroxyl groups is 1. The first kappa shape index (κ1) is 15.7. The van der Waals surface area contributed by atoms with Crippen molar-refractivity contribution < 1.29 is 5.11 Å². The molecule has 0 unspecified atom stereocenters. The molecule has 1 N–H and O–H groups in total. The van der Waals surface area contributed by atoms with Crippen LogP contribution in [-0.4, -0.2) is 23.1 Å². The van der Waals surface area contributed by atoms with Crippen molar-refractivity contribution in [3.8, 4) is 5.75 Å². The molecule has 2 nitrogen and oxygen atoms in total. The maximum atomic E-state index is 9.84. The van der Waals surface area contributed by atoms with E-state index in [-0.39, 0.29) is 17.9 Å². The highest BCUT2D eigenvalue weighted by Crippen LogP contribution is 2.44. The SMILES string of the molecule is Cl.Oc1cccc(C2(N3CCCCC3)CCCCC2)c1. The van der Waals surface area contributed by atoms with Gasteiger partial charge in [0.1, 0.15) is 5.75 Å². The summed E-state index contributed by atoms with van der Waals surface area (Å²) in [5, 5.41) is 9.84. The van der Waals surface area contributed by atoms with Crippen molar-refractivity contribution in [3.63, 3.8) is 0 Å². The molecular formula is C17H26ClNO. The second-order valence-corrected chi connectivity index (χ2v) is 6.19. The molecule has 112 valence electrons. The van der Waals surface area contributed by atoms with Crippen LogP contribution in [0, 0.1) is 0 Å². The van der Waals surface area contributed by atoms with Crippen LogP contribution in [0.3, 0.4) is 0 Å². The summed E-state index contributed by atoms with van der Waals surface area (Å²) in [6.45, 7) is 2.46. The van der Waals surface area contributed by atoms with Gasteiger partial charge in [0.05, 0.1) is 0 Å². The summed E-state index contributed by atoms with van der Waals surface area (Å²) in [7, 11) is 0. The third-order valence-corrected chi connectivity index (χ3v) is 5.03. The van der Waals surface area contributed by atoms with Crippen molar-refractivity contribution >= 4 is 12.4 Å². The minimum absolute atomic E-state index is 0. The van der Waals surface area contributed by atoms with Gasteiger partial charge in [-0.15, -0.1) is 12.4 Å². The molecule has 1 aliphatic carbocycles. The fourth-order valence-electron chi connectivity index (χ4n) is 4.04. The van der Waals surface area contributed by atoms with E-state index >= 15 is 0 Å². The monoisotopic (exact) mass is 295 g/mol. The molecule has 3 heteroatoms. The summed E-state index contributed by atoms with van der Waals surface area (Å²) in [6.07, 6.45) is 10.6. The van der Waals surface area contributed by atoms with Gasteiger partial charge >= 0.3 is 0 Å². The van der Waals surface area contributed by atoms with Crippen LogP contribution in [0.5, 0.6) is 5.75 Å². The number of hydrogen-bond donors (Lipinski definition) is 1. The van der Waals surface area contributed by atoms with Crippen LogP contribution in [-0.2, 0) is 5.54 Å². The second kappa shape index (κ2) is 6.82. The largest absolute Gasteiger partial charge is 0.508 e. The molecule has 1 aliphatic heterocycles. The number of likely N-dealkylation sites (tertiary alicyclic amines) is 1. The molecule has 0 spiro atoms. The van der Waals surface area contributed by atoms with E-state index in [0.29, 0.717) is 5.75 Å². The molecule has 1 aromatic carbocycles. The number of benzene rings is 1. The summed E-state index contributed by atoms with van der Waals surface area (Å²) in [6, 6.07) is 8.01. The summed E-state index contributed by atoms with van der Waals surface area (Å²) in [5.41, 5.74) is 1.55. The third kappa shape index (κ3) is 2.96. The van der Waals surface area contributed by atoms with Crippen molar-refractivity contribution in [2.75, 3.05) is 13.1 Å². The normalized spacial score (nSPS) is 23.0. The van der Waals surface area contributed by atoms with Gasteiger partial charge in [-0.3, -0.25) is 4.90 Å². The highest BCUT2D eigenvalue weighted by molar-refractivity contribution is 5.85. The molecule has 0 aromatic heterocycles. The molecular weight excluding hydrogens is 270 g/mol. The summed E-state index contributed by atoms with van der Waals surface area (Å²) in [5.74, 6) is 0.416. The third-order valence-electron chi connectivity index (χ3n) is 5.03. The highest BCUT2D eigenvalue weighted by Gasteiger charge is 2.39. The minimum Gasteiger partial charge on any atom is -0.508 e. The molecule has 20 heavy (non-hydrogen) atoms. The van der Waals surface area contributed by atoms with Gasteiger partial charge in [0.25, 0.3) is 0 Å². The zero-order chi connectivity index (χ0) is 13.1. The smallest absolute Gasteiger partial charge is 0.115 e. The number of rotatable bonds is 2. The first-order chi connectivity index (χ1) is 9.31. The topological polar surface area (TPSA) is 23.5 Å². The van der Waals surface area contributed by atoms with Crippen LogP contribution in [0.4, 0.5) is 0 Å². The van der Waals surface area contributed by atoms with Crippen molar-refractivity contribution in [2.45, 2.75) is 56.9 Å². The van der Waals surface area contributed by atoms with E-state index in [9.17, 15) is 5.11 Å². The van der Waals surface area contributed by atoms with E-state index in [4.69, 9.17) is 0 Å². The van der Waals surface area contributed by atoms with E-state index in [0.717, 1.165) is 0 Å². The standard InChI is InChI=1S/C17H25NO.ClH/c19-16-9-7-8-15(14-16)17(10-3-1-4-11-17)18-12-5-2-6-13-18;/h7-9,14,19H,1-6,10-13H2;1H. The van der Waals surface area contributed by atoms with Crippen molar-refractivity contribution in [1.29, 1.82) is 0 Å². The molecule has 1 saturated heterocycles. The van der Waals surface area contributed by atoms with Crippen LogP contribution in [0.25, 0.3) is 0 Å². The Bertz CT molecular complexity index is 423. The predicted molar refractivity (Wildman–Crippen MR) is 85.5 cm³/mol. The lowest BCUT2D eigenvalue weighted by atomic mass is 9.74. The van der Waals surface area contributed by atoms with Crippen LogP contribution < -0.4 is 0 Å². The van der Waals surface area contributed by atoms with Gasteiger partial charge in [0, 0.05) is 5.54 Å². The van der Waals surface area contributed by atoms with Gasteiger partial charge in [-0.2, -0.15) is 0 Å². The van der Waals surface area contributed by atoms with E-state index in [1.165, 1.54) is 70.0 Å².